The lowest BCUT2D eigenvalue weighted by atomic mass is 10.2. The van der Waals surface area contributed by atoms with E-state index in [1.165, 1.54) is 17.8 Å². The summed E-state index contributed by atoms with van der Waals surface area (Å²) in [6.07, 6.45) is 0. The third-order valence-electron chi connectivity index (χ3n) is 2.36. The van der Waals surface area contributed by atoms with Gasteiger partial charge in [0, 0.05) is 16.3 Å². The molecule has 0 fully saturated rings. The van der Waals surface area contributed by atoms with Crippen LogP contribution in [-0.2, 0) is 5.75 Å². The van der Waals surface area contributed by atoms with E-state index in [2.05, 4.69) is 15.9 Å². The van der Waals surface area contributed by atoms with Crippen LogP contribution in [0.25, 0.3) is 0 Å². The van der Waals surface area contributed by atoms with E-state index in [9.17, 15) is 10.1 Å². The van der Waals surface area contributed by atoms with Gasteiger partial charge in [-0.25, -0.2) is 0 Å². The van der Waals surface area contributed by atoms with E-state index < -0.39 is 0 Å². The molecule has 2 aromatic carbocycles. The van der Waals surface area contributed by atoms with Gasteiger partial charge in [-0.2, -0.15) is 0 Å². The monoisotopic (exact) mass is 323 g/mol. The number of halogens is 1. The minimum atomic E-state index is -0.347. The van der Waals surface area contributed by atoms with Gasteiger partial charge in [0.15, 0.2) is 0 Å². The topological polar surface area (TPSA) is 43.1 Å². The third kappa shape index (κ3) is 3.34. The molecule has 0 saturated carbocycles. The molecule has 0 amide bonds. The molecule has 0 saturated heterocycles. The van der Waals surface area contributed by atoms with E-state index in [0.29, 0.717) is 4.90 Å². The molecule has 18 heavy (non-hydrogen) atoms. The highest BCUT2D eigenvalue weighted by molar-refractivity contribution is 9.10. The molecular formula is C13H10BrNO2S. The summed E-state index contributed by atoms with van der Waals surface area (Å²) in [7, 11) is 0. The van der Waals surface area contributed by atoms with Crippen molar-refractivity contribution in [2.45, 2.75) is 10.6 Å². The summed E-state index contributed by atoms with van der Waals surface area (Å²) in [5, 5.41) is 10.9. The van der Waals surface area contributed by atoms with E-state index >= 15 is 0 Å². The van der Waals surface area contributed by atoms with E-state index in [4.69, 9.17) is 0 Å². The summed E-state index contributed by atoms with van der Waals surface area (Å²) in [6.45, 7) is 0. The van der Waals surface area contributed by atoms with Gasteiger partial charge >= 0.3 is 0 Å². The van der Waals surface area contributed by atoms with Crippen LogP contribution in [0, 0.1) is 10.1 Å². The van der Waals surface area contributed by atoms with Crippen LogP contribution in [0.2, 0.25) is 0 Å². The predicted molar refractivity (Wildman–Crippen MR) is 76.8 cm³/mol. The highest BCUT2D eigenvalue weighted by Crippen LogP contribution is 2.33. The molecule has 0 heterocycles. The normalized spacial score (nSPS) is 10.3. The van der Waals surface area contributed by atoms with Gasteiger partial charge in [0.2, 0.25) is 0 Å². The second kappa shape index (κ2) is 6.02. The van der Waals surface area contributed by atoms with Gasteiger partial charge in [-0.05, 0) is 17.7 Å². The zero-order valence-corrected chi connectivity index (χ0v) is 11.8. The van der Waals surface area contributed by atoms with Crippen molar-refractivity contribution < 1.29 is 4.92 Å². The Morgan fingerprint density at radius 3 is 2.56 bits per heavy atom. The molecule has 3 nitrogen and oxygen atoms in total. The number of hydrogen-bond donors (Lipinski definition) is 0. The Morgan fingerprint density at radius 1 is 1.17 bits per heavy atom. The smallest absolute Gasteiger partial charge is 0.258 e. The molecule has 0 aliphatic carbocycles. The fourth-order valence-electron chi connectivity index (χ4n) is 1.49. The van der Waals surface area contributed by atoms with Crippen molar-refractivity contribution in [1.29, 1.82) is 0 Å². The molecule has 0 aromatic heterocycles. The van der Waals surface area contributed by atoms with Crippen molar-refractivity contribution in [3.8, 4) is 0 Å². The van der Waals surface area contributed by atoms with E-state index in [1.807, 2.05) is 30.3 Å². The molecular weight excluding hydrogens is 314 g/mol. The van der Waals surface area contributed by atoms with Crippen molar-refractivity contribution >= 4 is 33.4 Å². The molecule has 0 aliphatic rings. The molecule has 0 N–H and O–H groups in total. The van der Waals surface area contributed by atoms with E-state index in [1.54, 1.807) is 12.1 Å². The van der Waals surface area contributed by atoms with Gasteiger partial charge < -0.3 is 0 Å². The predicted octanol–water partition coefficient (Wildman–Crippen LogP) is 4.65. The maximum Gasteiger partial charge on any atom is 0.282 e. The van der Waals surface area contributed by atoms with Crippen LogP contribution >= 0.6 is 27.7 Å². The minimum absolute atomic E-state index is 0.152. The fourth-order valence-corrected chi connectivity index (χ4v) is 3.02. The van der Waals surface area contributed by atoms with Gasteiger partial charge in [0.25, 0.3) is 5.69 Å². The molecule has 2 aromatic rings. The number of nitro groups is 1. The first kappa shape index (κ1) is 13.1. The molecule has 0 aliphatic heterocycles. The maximum atomic E-state index is 10.9. The lowest BCUT2D eigenvalue weighted by Gasteiger charge is -2.04. The second-order valence-electron chi connectivity index (χ2n) is 3.64. The first-order chi connectivity index (χ1) is 8.66. The van der Waals surface area contributed by atoms with Crippen LogP contribution in [-0.4, -0.2) is 4.92 Å². The van der Waals surface area contributed by atoms with Gasteiger partial charge in [-0.15, -0.1) is 11.8 Å². The highest BCUT2D eigenvalue weighted by atomic mass is 79.9. The first-order valence-electron chi connectivity index (χ1n) is 5.27. The van der Waals surface area contributed by atoms with Crippen molar-refractivity contribution in [2.75, 3.05) is 0 Å². The number of thioether (sulfide) groups is 1. The SMILES string of the molecule is O=[N+]([O-])c1ccc(Br)cc1SCc1ccccc1. The number of nitrogens with zero attached hydrogens (tertiary/aromatic N) is 1. The number of rotatable bonds is 4. The van der Waals surface area contributed by atoms with Gasteiger partial charge in [0.1, 0.15) is 0 Å². The lowest BCUT2D eigenvalue weighted by molar-refractivity contribution is -0.387. The van der Waals surface area contributed by atoms with Crippen LogP contribution < -0.4 is 0 Å². The van der Waals surface area contributed by atoms with Crippen LogP contribution in [0.3, 0.4) is 0 Å². The first-order valence-corrected chi connectivity index (χ1v) is 7.05. The molecule has 5 heteroatoms. The lowest BCUT2D eigenvalue weighted by Crippen LogP contribution is -1.91. The van der Waals surface area contributed by atoms with Gasteiger partial charge in [-0.1, -0.05) is 46.3 Å². The summed E-state index contributed by atoms with van der Waals surface area (Å²) in [5.41, 5.74) is 1.30. The summed E-state index contributed by atoms with van der Waals surface area (Å²) in [4.78, 5) is 11.3. The molecule has 2 rings (SSSR count). The standard InChI is InChI=1S/C13H10BrNO2S/c14-11-6-7-12(15(16)17)13(8-11)18-9-10-4-2-1-3-5-10/h1-8H,9H2. The summed E-state index contributed by atoms with van der Waals surface area (Å²) < 4.78 is 0.851. The zero-order valence-electron chi connectivity index (χ0n) is 9.38. The Kier molecular flexibility index (Phi) is 4.38. The Balaban J connectivity index is 2.18. The van der Waals surface area contributed by atoms with Crippen LogP contribution in [0.5, 0.6) is 0 Å². The fraction of sp³-hybridized carbons (Fsp3) is 0.0769. The highest BCUT2D eigenvalue weighted by Gasteiger charge is 2.14. The van der Waals surface area contributed by atoms with Crippen molar-refractivity contribution in [3.63, 3.8) is 0 Å². The van der Waals surface area contributed by atoms with Crippen molar-refractivity contribution in [2.24, 2.45) is 0 Å². The quantitative estimate of drug-likeness (QED) is 0.467. The summed E-state index contributed by atoms with van der Waals surface area (Å²) >= 11 is 4.81. The Labute approximate surface area is 117 Å². The molecule has 0 spiro atoms. The molecule has 0 unspecified atom stereocenters. The Hall–Kier alpha value is -1.33. The van der Waals surface area contributed by atoms with E-state index in [0.717, 1.165) is 15.8 Å². The van der Waals surface area contributed by atoms with Crippen molar-refractivity contribution in [3.05, 3.63) is 68.7 Å². The number of hydrogen-bond acceptors (Lipinski definition) is 3. The average molecular weight is 324 g/mol. The van der Waals surface area contributed by atoms with Crippen molar-refractivity contribution in [1.82, 2.24) is 0 Å². The molecule has 92 valence electrons. The number of benzene rings is 2. The number of nitro benzene ring substituents is 1. The molecule has 0 atom stereocenters. The van der Waals surface area contributed by atoms with Gasteiger partial charge in [-0.3, -0.25) is 10.1 Å². The zero-order chi connectivity index (χ0) is 13.0. The third-order valence-corrected chi connectivity index (χ3v) is 3.96. The largest absolute Gasteiger partial charge is 0.282 e. The summed E-state index contributed by atoms with van der Waals surface area (Å²) in [6, 6.07) is 14.9. The average Bonchev–Trinajstić information content (AvgIpc) is 2.37. The van der Waals surface area contributed by atoms with Crippen LogP contribution in [0.1, 0.15) is 5.56 Å². The van der Waals surface area contributed by atoms with E-state index in [-0.39, 0.29) is 10.6 Å². The van der Waals surface area contributed by atoms with Crippen LogP contribution in [0.4, 0.5) is 5.69 Å². The second-order valence-corrected chi connectivity index (χ2v) is 5.58. The summed E-state index contributed by atoms with van der Waals surface area (Å²) in [5.74, 6) is 0.720. The molecule has 0 radical (unpaired) electrons. The Morgan fingerprint density at radius 2 is 1.89 bits per heavy atom. The van der Waals surface area contributed by atoms with Crippen LogP contribution in [0.15, 0.2) is 57.9 Å². The molecule has 0 bridgehead atoms. The maximum absolute atomic E-state index is 10.9. The minimum Gasteiger partial charge on any atom is -0.258 e. The van der Waals surface area contributed by atoms with Gasteiger partial charge in [0.05, 0.1) is 9.82 Å². The Bertz CT molecular complexity index is 560.